The van der Waals surface area contributed by atoms with Gasteiger partial charge in [0.05, 0.1) is 11.2 Å². The maximum atomic E-state index is 13.4. The topological polar surface area (TPSA) is 24.9 Å². The first-order valence-corrected chi connectivity index (χ1v) is 8.20. The van der Waals surface area contributed by atoms with Gasteiger partial charge in [-0.3, -0.25) is 0 Å². The summed E-state index contributed by atoms with van der Waals surface area (Å²) in [6, 6.07) is 6.84. The molecule has 4 heteroatoms. The molecule has 0 aliphatic heterocycles. The van der Waals surface area contributed by atoms with Gasteiger partial charge in [0.1, 0.15) is 10.8 Å². The Balaban J connectivity index is 2.32. The number of thiazole rings is 1. The Bertz CT molecular complexity index is 589. The zero-order chi connectivity index (χ0) is 15.5. The predicted molar refractivity (Wildman–Crippen MR) is 87.3 cm³/mol. The van der Waals surface area contributed by atoms with E-state index >= 15 is 0 Å². The van der Waals surface area contributed by atoms with Gasteiger partial charge in [-0.1, -0.05) is 19.1 Å². The molecule has 114 valence electrons. The average molecular weight is 306 g/mol. The minimum Gasteiger partial charge on any atom is -0.305 e. The lowest BCUT2D eigenvalue weighted by Crippen LogP contribution is -2.42. The molecule has 1 atom stereocenters. The molecule has 0 bridgehead atoms. The molecule has 0 amide bonds. The van der Waals surface area contributed by atoms with Crippen LogP contribution in [0.1, 0.15) is 41.4 Å². The van der Waals surface area contributed by atoms with Gasteiger partial charge in [-0.15, -0.1) is 11.3 Å². The third-order valence-electron chi connectivity index (χ3n) is 3.71. The van der Waals surface area contributed by atoms with E-state index in [1.807, 2.05) is 13.0 Å². The molecule has 0 saturated heterocycles. The van der Waals surface area contributed by atoms with Crippen molar-refractivity contribution >= 4 is 11.3 Å². The standard InChI is InChI=1S/C17H23FN2S/c1-5-9-19-17(4,16-20-12(2)13(3)21-16)11-14-7-6-8-15(18)10-14/h6-8,10,19H,5,9,11H2,1-4H3. The van der Waals surface area contributed by atoms with Crippen molar-refractivity contribution in [2.75, 3.05) is 6.54 Å². The number of nitrogens with one attached hydrogen (secondary N) is 1. The molecule has 0 radical (unpaired) electrons. The van der Waals surface area contributed by atoms with E-state index in [0.717, 1.165) is 35.7 Å². The lowest BCUT2D eigenvalue weighted by Gasteiger charge is -2.29. The molecule has 2 aromatic rings. The largest absolute Gasteiger partial charge is 0.305 e. The van der Waals surface area contributed by atoms with Gasteiger partial charge in [0.25, 0.3) is 0 Å². The first kappa shape index (κ1) is 16.1. The highest BCUT2D eigenvalue weighted by atomic mass is 32.1. The first-order valence-electron chi connectivity index (χ1n) is 7.38. The number of aryl methyl sites for hydroxylation is 2. The molecule has 0 aliphatic rings. The summed E-state index contributed by atoms with van der Waals surface area (Å²) in [5.74, 6) is -0.183. The van der Waals surface area contributed by atoms with Crippen LogP contribution in [0.2, 0.25) is 0 Å². The highest BCUT2D eigenvalue weighted by molar-refractivity contribution is 7.11. The van der Waals surface area contributed by atoms with Crippen LogP contribution in [0.15, 0.2) is 24.3 Å². The lowest BCUT2D eigenvalue weighted by molar-refractivity contribution is 0.361. The number of aromatic nitrogens is 1. The Kier molecular flexibility index (Phi) is 5.12. The van der Waals surface area contributed by atoms with Crippen LogP contribution >= 0.6 is 11.3 Å². The van der Waals surface area contributed by atoms with Crippen molar-refractivity contribution < 1.29 is 4.39 Å². The lowest BCUT2D eigenvalue weighted by atomic mass is 9.93. The summed E-state index contributed by atoms with van der Waals surface area (Å²) in [5.41, 5.74) is 1.82. The van der Waals surface area contributed by atoms with Crippen LogP contribution in [-0.2, 0) is 12.0 Å². The number of rotatable bonds is 6. The van der Waals surface area contributed by atoms with Crippen LogP contribution in [0.25, 0.3) is 0 Å². The molecule has 21 heavy (non-hydrogen) atoms. The van der Waals surface area contributed by atoms with Crippen molar-refractivity contribution in [3.63, 3.8) is 0 Å². The van der Waals surface area contributed by atoms with Crippen molar-refractivity contribution in [3.8, 4) is 0 Å². The Morgan fingerprint density at radius 1 is 1.33 bits per heavy atom. The highest BCUT2D eigenvalue weighted by Crippen LogP contribution is 2.31. The van der Waals surface area contributed by atoms with Crippen LogP contribution in [0.5, 0.6) is 0 Å². The van der Waals surface area contributed by atoms with Gasteiger partial charge in [0, 0.05) is 4.88 Å². The second kappa shape index (κ2) is 6.67. The number of hydrogen-bond acceptors (Lipinski definition) is 3. The normalized spacial score (nSPS) is 14.1. The third kappa shape index (κ3) is 3.89. The summed E-state index contributed by atoms with van der Waals surface area (Å²) >= 11 is 1.73. The van der Waals surface area contributed by atoms with Crippen molar-refractivity contribution in [3.05, 3.63) is 51.2 Å². The van der Waals surface area contributed by atoms with E-state index in [-0.39, 0.29) is 11.4 Å². The van der Waals surface area contributed by atoms with Crippen LogP contribution in [0, 0.1) is 19.7 Å². The van der Waals surface area contributed by atoms with E-state index in [0.29, 0.717) is 0 Å². The Morgan fingerprint density at radius 2 is 2.10 bits per heavy atom. The molecule has 1 aromatic heterocycles. The molecule has 0 spiro atoms. The van der Waals surface area contributed by atoms with Gasteiger partial charge in [-0.05, 0) is 57.9 Å². The van der Waals surface area contributed by atoms with Crippen molar-refractivity contribution in [2.24, 2.45) is 0 Å². The molecule has 1 unspecified atom stereocenters. The summed E-state index contributed by atoms with van der Waals surface area (Å²) in [6.07, 6.45) is 1.79. The van der Waals surface area contributed by atoms with Crippen LogP contribution in [-0.4, -0.2) is 11.5 Å². The number of hydrogen-bond donors (Lipinski definition) is 1. The second-order valence-electron chi connectivity index (χ2n) is 5.73. The fraction of sp³-hybridized carbons (Fsp3) is 0.471. The highest BCUT2D eigenvalue weighted by Gasteiger charge is 2.30. The Labute approximate surface area is 130 Å². The SMILES string of the molecule is CCCNC(C)(Cc1cccc(F)c1)c1nc(C)c(C)s1. The minimum absolute atomic E-state index is 0.183. The van der Waals surface area contributed by atoms with Gasteiger partial charge in [0.2, 0.25) is 0 Å². The van der Waals surface area contributed by atoms with Gasteiger partial charge in [0.15, 0.2) is 0 Å². The summed E-state index contributed by atoms with van der Waals surface area (Å²) in [6.45, 7) is 9.36. The van der Waals surface area contributed by atoms with E-state index in [4.69, 9.17) is 4.98 Å². The zero-order valence-electron chi connectivity index (χ0n) is 13.2. The number of halogens is 1. The smallest absolute Gasteiger partial charge is 0.123 e. The van der Waals surface area contributed by atoms with E-state index in [2.05, 4.69) is 26.1 Å². The molecule has 1 aromatic carbocycles. The minimum atomic E-state index is -0.256. The molecular formula is C17H23FN2S. The average Bonchev–Trinajstić information content (AvgIpc) is 2.77. The van der Waals surface area contributed by atoms with E-state index in [1.165, 1.54) is 10.9 Å². The van der Waals surface area contributed by atoms with Crippen molar-refractivity contribution in [2.45, 2.75) is 46.1 Å². The van der Waals surface area contributed by atoms with E-state index in [1.54, 1.807) is 23.5 Å². The van der Waals surface area contributed by atoms with Gasteiger partial charge in [-0.2, -0.15) is 0 Å². The predicted octanol–water partition coefficient (Wildman–Crippen LogP) is 4.36. The summed E-state index contributed by atoms with van der Waals surface area (Å²) in [7, 11) is 0. The molecular weight excluding hydrogens is 283 g/mol. The molecule has 2 nitrogen and oxygen atoms in total. The van der Waals surface area contributed by atoms with Crippen molar-refractivity contribution in [1.82, 2.24) is 10.3 Å². The first-order chi connectivity index (χ1) is 9.94. The number of nitrogens with zero attached hydrogens (tertiary/aromatic N) is 1. The molecule has 0 saturated carbocycles. The molecule has 0 aliphatic carbocycles. The van der Waals surface area contributed by atoms with Gasteiger partial charge < -0.3 is 5.32 Å². The Morgan fingerprint density at radius 3 is 2.67 bits per heavy atom. The fourth-order valence-corrected chi connectivity index (χ4v) is 3.41. The number of benzene rings is 1. The fourth-order valence-electron chi connectivity index (χ4n) is 2.38. The van der Waals surface area contributed by atoms with Gasteiger partial charge >= 0.3 is 0 Å². The molecule has 0 fully saturated rings. The molecule has 2 rings (SSSR count). The summed E-state index contributed by atoms with van der Waals surface area (Å²) in [5, 5.41) is 4.67. The van der Waals surface area contributed by atoms with E-state index < -0.39 is 0 Å². The van der Waals surface area contributed by atoms with E-state index in [9.17, 15) is 4.39 Å². The quantitative estimate of drug-likeness (QED) is 0.858. The van der Waals surface area contributed by atoms with Crippen LogP contribution < -0.4 is 5.32 Å². The maximum Gasteiger partial charge on any atom is 0.123 e. The molecule has 1 heterocycles. The van der Waals surface area contributed by atoms with Gasteiger partial charge in [-0.25, -0.2) is 9.37 Å². The zero-order valence-corrected chi connectivity index (χ0v) is 14.0. The van der Waals surface area contributed by atoms with Crippen molar-refractivity contribution in [1.29, 1.82) is 0 Å². The summed E-state index contributed by atoms with van der Waals surface area (Å²) < 4.78 is 13.4. The van der Waals surface area contributed by atoms with Crippen LogP contribution in [0.3, 0.4) is 0 Å². The third-order valence-corrected chi connectivity index (χ3v) is 5.05. The monoisotopic (exact) mass is 306 g/mol. The summed E-state index contributed by atoms with van der Waals surface area (Å²) in [4.78, 5) is 5.96. The maximum absolute atomic E-state index is 13.4. The Hall–Kier alpha value is -1.26. The molecule has 1 N–H and O–H groups in total. The van der Waals surface area contributed by atoms with Crippen LogP contribution in [0.4, 0.5) is 4.39 Å². The second-order valence-corrected chi connectivity index (χ2v) is 6.93.